The van der Waals surface area contributed by atoms with Crippen LogP contribution >= 0.6 is 0 Å². The lowest BCUT2D eigenvalue weighted by Gasteiger charge is -2.29. The predicted octanol–water partition coefficient (Wildman–Crippen LogP) is 4.20. The van der Waals surface area contributed by atoms with Crippen molar-refractivity contribution in [2.45, 2.75) is 19.3 Å². The van der Waals surface area contributed by atoms with Crippen molar-refractivity contribution in [2.75, 3.05) is 13.1 Å². The second-order valence-electron chi connectivity index (χ2n) is 7.39. The summed E-state index contributed by atoms with van der Waals surface area (Å²) in [5.41, 5.74) is 6.49. The molecule has 2 heterocycles. The van der Waals surface area contributed by atoms with E-state index in [0.717, 1.165) is 32.4 Å². The van der Waals surface area contributed by atoms with Gasteiger partial charge in [-0.1, -0.05) is 48.5 Å². The van der Waals surface area contributed by atoms with Gasteiger partial charge in [-0.15, -0.1) is 0 Å². The van der Waals surface area contributed by atoms with Crippen molar-refractivity contribution >= 4 is 22.4 Å². The van der Waals surface area contributed by atoms with Gasteiger partial charge < -0.3 is 9.88 Å². The maximum absolute atomic E-state index is 13.0. The zero-order valence-electron chi connectivity index (χ0n) is 14.7. The first-order valence-corrected chi connectivity index (χ1v) is 9.40. The SMILES string of the molecule is O=C(C1Cc2ccccc2C1)N1CC=C(c2c[nH]c3ccccc23)CC1. The van der Waals surface area contributed by atoms with Crippen molar-refractivity contribution in [1.82, 2.24) is 9.88 Å². The van der Waals surface area contributed by atoms with Crippen LogP contribution in [0.3, 0.4) is 0 Å². The highest BCUT2D eigenvalue weighted by atomic mass is 16.2. The summed E-state index contributed by atoms with van der Waals surface area (Å²) in [6.07, 6.45) is 7.04. The van der Waals surface area contributed by atoms with Crippen molar-refractivity contribution in [3.05, 3.63) is 77.5 Å². The van der Waals surface area contributed by atoms with Gasteiger partial charge in [0.2, 0.25) is 5.91 Å². The summed E-state index contributed by atoms with van der Waals surface area (Å²) in [4.78, 5) is 18.4. The summed E-state index contributed by atoms with van der Waals surface area (Å²) in [7, 11) is 0. The molecule has 1 amide bonds. The molecule has 1 aromatic heterocycles. The van der Waals surface area contributed by atoms with Crippen LogP contribution in [0.4, 0.5) is 0 Å². The van der Waals surface area contributed by atoms with Gasteiger partial charge in [0, 0.05) is 41.7 Å². The highest BCUT2D eigenvalue weighted by molar-refractivity contribution is 5.93. The van der Waals surface area contributed by atoms with Gasteiger partial charge in [0.1, 0.15) is 0 Å². The average Bonchev–Trinajstić information content (AvgIpc) is 3.32. The zero-order valence-corrected chi connectivity index (χ0v) is 14.7. The van der Waals surface area contributed by atoms with Crippen molar-refractivity contribution in [3.8, 4) is 0 Å². The minimum absolute atomic E-state index is 0.121. The lowest BCUT2D eigenvalue weighted by Crippen LogP contribution is -2.39. The molecule has 130 valence electrons. The van der Waals surface area contributed by atoms with Crippen LogP contribution in [0.1, 0.15) is 23.1 Å². The molecule has 3 nitrogen and oxygen atoms in total. The zero-order chi connectivity index (χ0) is 17.5. The lowest BCUT2D eigenvalue weighted by atomic mass is 9.97. The molecule has 1 aliphatic heterocycles. The smallest absolute Gasteiger partial charge is 0.226 e. The Kier molecular flexibility index (Phi) is 3.66. The molecule has 26 heavy (non-hydrogen) atoms. The molecule has 0 unspecified atom stereocenters. The molecule has 0 radical (unpaired) electrons. The minimum Gasteiger partial charge on any atom is -0.361 e. The van der Waals surface area contributed by atoms with Gasteiger partial charge in [0.15, 0.2) is 0 Å². The van der Waals surface area contributed by atoms with E-state index in [1.165, 1.54) is 33.2 Å². The molecule has 0 bridgehead atoms. The molecule has 3 aromatic rings. The number of nitrogens with one attached hydrogen (secondary N) is 1. The molecule has 2 aliphatic rings. The number of hydrogen-bond donors (Lipinski definition) is 1. The number of aromatic amines is 1. The van der Waals surface area contributed by atoms with Gasteiger partial charge in [0.05, 0.1) is 0 Å². The summed E-state index contributed by atoms with van der Waals surface area (Å²) in [5.74, 6) is 0.436. The number of hydrogen-bond acceptors (Lipinski definition) is 1. The van der Waals surface area contributed by atoms with E-state index in [-0.39, 0.29) is 5.92 Å². The normalized spacial score (nSPS) is 17.4. The second-order valence-corrected chi connectivity index (χ2v) is 7.39. The lowest BCUT2D eigenvalue weighted by molar-refractivity contribution is -0.134. The number of H-pyrrole nitrogens is 1. The van der Waals surface area contributed by atoms with Crippen LogP contribution in [0.15, 0.2) is 60.8 Å². The molecule has 0 spiro atoms. The number of fused-ring (bicyclic) bond motifs is 2. The van der Waals surface area contributed by atoms with Crippen molar-refractivity contribution in [3.63, 3.8) is 0 Å². The maximum atomic E-state index is 13.0. The number of para-hydroxylation sites is 1. The summed E-state index contributed by atoms with van der Waals surface area (Å²) >= 11 is 0. The van der Waals surface area contributed by atoms with E-state index < -0.39 is 0 Å². The molecular formula is C23H22N2O. The number of aromatic nitrogens is 1. The van der Waals surface area contributed by atoms with E-state index in [9.17, 15) is 4.79 Å². The summed E-state index contributed by atoms with van der Waals surface area (Å²) < 4.78 is 0. The molecule has 0 atom stereocenters. The van der Waals surface area contributed by atoms with Gasteiger partial charge in [-0.3, -0.25) is 4.79 Å². The second kappa shape index (κ2) is 6.17. The number of nitrogens with zero attached hydrogens (tertiary/aromatic N) is 1. The third-order valence-electron chi connectivity index (χ3n) is 5.86. The Morgan fingerprint density at radius 3 is 2.46 bits per heavy atom. The van der Waals surface area contributed by atoms with Gasteiger partial charge in [-0.2, -0.15) is 0 Å². The molecule has 1 aliphatic carbocycles. The van der Waals surface area contributed by atoms with E-state index >= 15 is 0 Å². The van der Waals surface area contributed by atoms with Crippen molar-refractivity contribution in [2.24, 2.45) is 5.92 Å². The van der Waals surface area contributed by atoms with E-state index in [2.05, 4.69) is 65.8 Å². The first kappa shape index (κ1) is 15.4. The first-order chi connectivity index (χ1) is 12.8. The van der Waals surface area contributed by atoms with Crippen LogP contribution in [0.25, 0.3) is 16.5 Å². The summed E-state index contributed by atoms with van der Waals surface area (Å²) in [6.45, 7) is 1.54. The van der Waals surface area contributed by atoms with Crippen LogP contribution in [-0.4, -0.2) is 28.9 Å². The quantitative estimate of drug-likeness (QED) is 0.744. The number of carbonyl (C=O) groups is 1. The van der Waals surface area contributed by atoms with Crippen LogP contribution in [0.2, 0.25) is 0 Å². The molecule has 0 saturated carbocycles. The van der Waals surface area contributed by atoms with Gasteiger partial charge in [-0.25, -0.2) is 0 Å². The fourth-order valence-electron chi connectivity index (χ4n) is 4.44. The molecule has 0 saturated heterocycles. The van der Waals surface area contributed by atoms with Crippen LogP contribution in [0.5, 0.6) is 0 Å². The number of carbonyl (C=O) groups excluding carboxylic acids is 1. The van der Waals surface area contributed by atoms with Gasteiger partial charge >= 0.3 is 0 Å². The molecule has 3 heteroatoms. The highest BCUT2D eigenvalue weighted by Gasteiger charge is 2.31. The average molecular weight is 342 g/mol. The highest BCUT2D eigenvalue weighted by Crippen LogP contribution is 2.31. The third-order valence-corrected chi connectivity index (χ3v) is 5.86. The Morgan fingerprint density at radius 1 is 1.00 bits per heavy atom. The predicted molar refractivity (Wildman–Crippen MR) is 105 cm³/mol. The van der Waals surface area contributed by atoms with Crippen LogP contribution < -0.4 is 0 Å². The van der Waals surface area contributed by atoms with E-state index in [1.54, 1.807) is 0 Å². The Hall–Kier alpha value is -2.81. The molecular weight excluding hydrogens is 320 g/mol. The van der Waals surface area contributed by atoms with E-state index in [4.69, 9.17) is 0 Å². The van der Waals surface area contributed by atoms with Crippen molar-refractivity contribution < 1.29 is 4.79 Å². The van der Waals surface area contributed by atoms with E-state index in [0.29, 0.717) is 5.91 Å². The van der Waals surface area contributed by atoms with Crippen LogP contribution in [-0.2, 0) is 17.6 Å². The fourth-order valence-corrected chi connectivity index (χ4v) is 4.44. The summed E-state index contributed by atoms with van der Waals surface area (Å²) in [5, 5.41) is 1.27. The van der Waals surface area contributed by atoms with Crippen molar-refractivity contribution in [1.29, 1.82) is 0 Å². The fraction of sp³-hybridized carbons (Fsp3) is 0.261. The third kappa shape index (κ3) is 2.55. The van der Waals surface area contributed by atoms with E-state index in [1.807, 2.05) is 4.90 Å². The topological polar surface area (TPSA) is 36.1 Å². The Morgan fingerprint density at radius 2 is 1.73 bits per heavy atom. The monoisotopic (exact) mass is 342 g/mol. The molecule has 1 N–H and O–H groups in total. The largest absolute Gasteiger partial charge is 0.361 e. The van der Waals surface area contributed by atoms with Gasteiger partial charge in [-0.05, 0) is 42.0 Å². The Balaban J connectivity index is 1.32. The molecule has 2 aromatic carbocycles. The molecule has 5 rings (SSSR count). The number of rotatable bonds is 2. The minimum atomic E-state index is 0.121. The Labute approximate surface area is 153 Å². The standard InChI is InChI=1S/C23H22N2O/c26-23(19-13-17-5-1-2-6-18(17)14-19)25-11-9-16(10-12-25)21-15-24-22-8-4-3-7-20(21)22/h1-9,15,19,24H,10-14H2. The maximum Gasteiger partial charge on any atom is 0.226 e. The Bertz CT molecular complexity index is 989. The summed E-state index contributed by atoms with van der Waals surface area (Å²) in [6, 6.07) is 16.9. The van der Waals surface area contributed by atoms with Gasteiger partial charge in [0.25, 0.3) is 0 Å². The molecule has 0 fully saturated rings. The first-order valence-electron chi connectivity index (χ1n) is 9.40. The number of amides is 1. The number of benzene rings is 2. The van der Waals surface area contributed by atoms with Crippen LogP contribution in [0, 0.1) is 5.92 Å².